The molecule has 0 saturated heterocycles. The third kappa shape index (κ3) is 3.83. The van der Waals surface area contributed by atoms with Crippen molar-refractivity contribution in [2.75, 3.05) is 6.61 Å². The van der Waals surface area contributed by atoms with E-state index in [0.29, 0.717) is 24.4 Å². The van der Waals surface area contributed by atoms with Crippen LogP contribution in [0.4, 0.5) is 0 Å². The topological polar surface area (TPSA) is 89.6 Å². The number of fused-ring (bicyclic) bond motifs is 1. The number of allylic oxidation sites excluding steroid dienone is 2. The minimum absolute atomic E-state index is 0.0551. The van der Waals surface area contributed by atoms with Crippen LogP contribution in [0.15, 0.2) is 48.0 Å². The number of primary amides is 1. The third-order valence-electron chi connectivity index (χ3n) is 4.88. The van der Waals surface area contributed by atoms with Gasteiger partial charge in [0.05, 0.1) is 12.2 Å². The second-order valence-electron chi connectivity index (χ2n) is 6.79. The zero-order valence-corrected chi connectivity index (χ0v) is 16.0. The molecule has 3 rings (SSSR count). The zero-order chi connectivity index (χ0) is 20.3. The van der Waals surface area contributed by atoms with Gasteiger partial charge < -0.3 is 15.6 Å². The number of carbonyl (C=O) groups is 2. The van der Waals surface area contributed by atoms with Crippen molar-refractivity contribution < 1.29 is 19.4 Å². The van der Waals surface area contributed by atoms with Crippen LogP contribution in [0.2, 0.25) is 0 Å². The summed E-state index contributed by atoms with van der Waals surface area (Å²) in [6, 6.07) is 13.7. The first-order valence-corrected chi connectivity index (χ1v) is 9.17. The van der Waals surface area contributed by atoms with Crippen LogP contribution in [0.5, 0.6) is 5.75 Å². The summed E-state index contributed by atoms with van der Waals surface area (Å²) in [5.41, 5.74) is 11.6. The quantitative estimate of drug-likeness (QED) is 0.712. The number of hydrogen-bond donors (Lipinski definition) is 2. The molecular weight excluding hydrogens is 354 g/mol. The van der Waals surface area contributed by atoms with E-state index in [1.807, 2.05) is 56.3 Å². The fraction of sp³-hybridized carbons (Fsp3) is 0.217. The Morgan fingerprint density at radius 1 is 1.11 bits per heavy atom. The maximum atomic E-state index is 12.2. The second-order valence-corrected chi connectivity index (χ2v) is 6.79. The number of nitrogens with two attached hydrogens (primary N) is 1. The van der Waals surface area contributed by atoms with Crippen molar-refractivity contribution in [1.29, 1.82) is 0 Å². The van der Waals surface area contributed by atoms with Crippen LogP contribution in [0, 0.1) is 6.92 Å². The molecule has 0 heterocycles. The smallest absolute Gasteiger partial charge is 0.303 e. The molecule has 0 bridgehead atoms. The maximum absolute atomic E-state index is 12.2. The lowest BCUT2D eigenvalue weighted by molar-refractivity contribution is -0.137. The normalized spacial score (nSPS) is 14.3. The molecule has 28 heavy (non-hydrogen) atoms. The Kier molecular flexibility index (Phi) is 5.64. The molecule has 0 fully saturated rings. The third-order valence-corrected chi connectivity index (χ3v) is 4.88. The van der Waals surface area contributed by atoms with Crippen LogP contribution < -0.4 is 10.5 Å². The van der Waals surface area contributed by atoms with Gasteiger partial charge in [0.2, 0.25) is 5.91 Å². The molecule has 0 radical (unpaired) electrons. The van der Waals surface area contributed by atoms with Gasteiger partial charge in [-0.25, -0.2) is 0 Å². The lowest BCUT2D eigenvalue weighted by atomic mass is 9.96. The lowest BCUT2D eigenvalue weighted by Gasteiger charge is -2.14. The Labute approximate surface area is 164 Å². The molecule has 0 saturated carbocycles. The summed E-state index contributed by atoms with van der Waals surface area (Å²) in [7, 11) is 0. The number of ether oxygens (including phenoxy) is 1. The summed E-state index contributed by atoms with van der Waals surface area (Å²) in [5, 5.41) is 8.75. The summed E-state index contributed by atoms with van der Waals surface area (Å²) >= 11 is 0. The largest absolute Gasteiger partial charge is 0.493 e. The summed E-state index contributed by atoms with van der Waals surface area (Å²) in [4.78, 5) is 22.9. The van der Waals surface area contributed by atoms with Gasteiger partial charge in [-0.1, -0.05) is 36.4 Å². The molecule has 0 atom stereocenters. The molecule has 5 heteroatoms. The minimum atomic E-state index is -0.848. The van der Waals surface area contributed by atoms with Crippen LogP contribution in [-0.4, -0.2) is 23.6 Å². The summed E-state index contributed by atoms with van der Waals surface area (Å²) in [6.45, 7) is 4.10. The summed E-state index contributed by atoms with van der Waals surface area (Å²) < 4.78 is 5.77. The molecule has 144 valence electrons. The number of amides is 1. The van der Waals surface area contributed by atoms with Crippen LogP contribution in [-0.2, 0) is 9.59 Å². The average molecular weight is 377 g/mol. The van der Waals surface area contributed by atoms with Crippen molar-refractivity contribution >= 4 is 29.1 Å². The Morgan fingerprint density at radius 3 is 2.46 bits per heavy atom. The molecule has 1 amide bonds. The Bertz CT molecular complexity index is 987. The van der Waals surface area contributed by atoms with E-state index in [0.717, 1.165) is 33.4 Å². The predicted molar refractivity (Wildman–Crippen MR) is 110 cm³/mol. The molecule has 3 N–H and O–H groups in total. The monoisotopic (exact) mass is 377 g/mol. The Hall–Kier alpha value is -3.34. The van der Waals surface area contributed by atoms with Crippen LogP contribution in [0.3, 0.4) is 0 Å². The molecular formula is C23H23NO4. The summed E-state index contributed by atoms with van der Waals surface area (Å²) in [6.07, 6.45) is 2.53. The molecule has 0 spiro atoms. The van der Waals surface area contributed by atoms with E-state index in [1.54, 1.807) is 0 Å². The Morgan fingerprint density at radius 2 is 1.82 bits per heavy atom. The van der Waals surface area contributed by atoms with E-state index in [4.69, 9.17) is 15.6 Å². The second kappa shape index (κ2) is 8.13. The number of aliphatic carboxylic acids is 1. The summed E-state index contributed by atoms with van der Waals surface area (Å²) in [5.74, 6) is -0.683. The maximum Gasteiger partial charge on any atom is 0.303 e. The first-order chi connectivity index (χ1) is 13.4. The molecule has 0 aromatic heterocycles. The van der Waals surface area contributed by atoms with Crippen molar-refractivity contribution in [3.63, 3.8) is 0 Å². The number of hydrogen-bond acceptors (Lipinski definition) is 3. The van der Waals surface area contributed by atoms with Crippen LogP contribution in [0.25, 0.3) is 17.2 Å². The number of rotatable bonds is 7. The molecule has 1 aliphatic rings. The number of carboxylic acids is 1. The van der Waals surface area contributed by atoms with E-state index >= 15 is 0 Å². The zero-order valence-electron chi connectivity index (χ0n) is 16.0. The minimum Gasteiger partial charge on any atom is -0.493 e. The molecule has 0 unspecified atom stereocenters. The van der Waals surface area contributed by atoms with Gasteiger partial charge in [0.15, 0.2) is 0 Å². The highest BCUT2D eigenvalue weighted by atomic mass is 16.5. The number of benzene rings is 2. The number of carboxylic acid groups (broad SMARTS) is 1. The van der Waals surface area contributed by atoms with E-state index in [1.165, 1.54) is 0 Å². The van der Waals surface area contributed by atoms with Gasteiger partial charge in [-0.2, -0.15) is 0 Å². The molecule has 2 aromatic carbocycles. The van der Waals surface area contributed by atoms with Gasteiger partial charge in [0, 0.05) is 12.0 Å². The van der Waals surface area contributed by atoms with Gasteiger partial charge in [0.25, 0.3) is 0 Å². The van der Waals surface area contributed by atoms with Gasteiger partial charge in [-0.15, -0.1) is 0 Å². The average Bonchev–Trinajstić information content (AvgIpc) is 2.94. The van der Waals surface area contributed by atoms with Crippen molar-refractivity contribution in [3.8, 4) is 5.75 Å². The fourth-order valence-electron chi connectivity index (χ4n) is 3.54. The lowest BCUT2D eigenvalue weighted by Crippen LogP contribution is -2.14. The van der Waals surface area contributed by atoms with E-state index in [9.17, 15) is 9.59 Å². The van der Waals surface area contributed by atoms with Gasteiger partial charge in [-0.3, -0.25) is 9.59 Å². The molecule has 1 aliphatic carbocycles. The van der Waals surface area contributed by atoms with Crippen LogP contribution in [0.1, 0.15) is 42.0 Å². The first-order valence-electron chi connectivity index (χ1n) is 9.17. The van der Waals surface area contributed by atoms with E-state index in [2.05, 4.69) is 6.08 Å². The highest BCUT2D eigenvalue weighted by Crippen LogP contribution is 2.45. The molecule has 0 aliphatic heterocycles. The predicted octanol–water partition coefficient (Wildman–Crippen LogP) is 4.05. The Balaban J connectivity index is 2.01. The highest BCUT2D eigenvalue weighted by Gasteiger charge is 2.29. The van der Waals surface area contributed by atoms with E-state index < -0.39 is 11.9 Å². The number of carbonyl (C=O) groups excluding carboxylic acids is 1. The van der Waals surface area contributed by atoms with Gasteiger partial charge in [-0.05, 0) is 60.2 Å². The fourth-order valence-corrected chi connectivity index (χ4v) is 3.54. The standard InChI is InChI=1S/C23H23NO4/c1-14-18(13-16-7-4-3-5-8-16)17-10-11-19(28-12-6-9-20(25)26)15(2)21(17)22(14)23(24)27/h3-5,7-8,10-11,13H,6,9,12H2,1-2H3,(H2,24,27)(H,25,26)/b18-13-. The molecule has 5 nitrogen and oxygen atoms in total. The SMILES string of the molecule is CC1=C(C(N)=O)c2c(ccc(OCCCC(=O)O)c2C)/C1=C\c1ccccc1. The van der Waals surface area contributed by atoms with Gasteiger partial charge in [0.1, 0.15) is 5.75 Å². The first kappa shape index (κ1) is 19.4. The van der Waals surface area contributed by atoms with Crippen molar-refractivity contribution in [2.24, 2.45) is 5.73 Å². The van der Waals surface area contributed by atoms with Crippen molar-refractivity contribution in [1.82, 2.24) is 0 Å². The molecule has 2 aromatic rings. The van der Waals surface area contributed by atoms with E-state index in [-0.39, 0.29) is 6.42 Å². The van der Waals surface area contributed by atoms with Crippen LogP contribution >= 0.6 is 0 Å². The highest BCUT2D eigenvalue weighted by molar-refractivity contribution is 6.28. The van der Waals surface area contributed by atoms with Gasteiger partial charge >= 0.3 is 5.97 Å². The van der Waals surface area contributed by atoms with Crippen molar-refractivity contribution in [2.45, 2.75) is 26.7 Å². The van der Waals surface area contributed by atoms with Crippen molar-refractivity contribution in [3.05, 3.63) is 70.3 Å².